The van der Waals surface area contributed by atoms with E-state index in [1.807, 2.05) is 0 Å². The van der Waals surface area contributed by atoms with Gasteiger partial charge in [-0.3, -0.25) is 5.43 Å². The molecule has 2 aromatic heterocycles. The van der Waals surface area contributed by atoms with E-state index in [0.29, 0.717) is 23.3 Å². The third kappa shape index (κ3) is 4.49. The highest BCUT2D eigenvalue weighted by Gasteiger charge is 2.30. The number of carboxylic acid groups (broad SMARTS) is 1. The van der Waals surface area contributed by atoms with Gasteiger partial charge in [-0.2, -0.15) is 18.3 Å². The quantitative estimate of drug-likeness (QED) is 0.449. The number of carboxylic acids is 1. The first-order chi connectivity index (χ1) is 13.2. The lowest BCUT2D eigenvalue weighted by atomic mass is 10.1. The zero-order valence-corrected chi connectivity index (χ0v) is 14.6. The minimum absolute atomic E-state index is 0.0213. The predicted molar refractivity (Wildman–Crippen MR) is 96.6 cm³/mol. The number of nitrogens with zero attached hydrogens (tertiary/aromatic N) is 2. The Kier molecular flexibility index (Phi) is 5.36. The number of carbonyl (C=O) groups is 1. The number of anilines is 1. The molecule has 0 aliphatic heterocycles. The summed E-state index contributed by atoms with van der Waals surface area (Å²) in [7, 11) is 0. The van der Waals surface area contributed by atoms with Crippen molar-refractivity contribution in [2.45, 2.75) is 6.18 Å². The fourth-order valence-electron chi connectivity index (χ4n) is 2.21. The SMILES string of the molecule is O=C(O)c1ccc(-c2ccc(/C=N\Nc3ccc(C(F)(F)F)cn3)o2)cc1Cl. The molecule has 0 saturated heterocycles. The lowest BCUT2D eigenvalue weighted by Crippen LogP contribution is -2.05. The van der Waals surface area contributed by atoms with Crippen molar-refractivity contribution in [3.8, 4) is 11.3 Å². The van der Waals surface area contributed by atoms with Crippen molar-refractivity contribution < 1.29 is 27.5 Å². The summed E-state index contributed by atoms with van der Waals surface area (Å²) >= 11 is 5.94. The molecule has 2 heterocycles. The molecule has 0 atom stereocenters. The molecule has 3 aromatic rings. The van der Waals surface area contributed by atoms with Gasteiger partial charge in [0, 0.05) is 11.8 Å². The highest BCUT2D eigenvalue weighted by molar-refractivity contribution is 6.33. The smallest absolute Gasteiger partial charge is 0.417 e. The van der Waals surface area contributed by atoms with E-state index in [4.69, 9.17) is 21.1 Å². The van der Waals surface area contributed by atoms with Crippen LogP contribution in [0.15, 0.2) is 58.2 Å². The zero-order valence-electron chi connectivity index (χ0n) is 13.9. The van der Waals surface area contributed by atoms with Crippen molar-refractivity contribution in [2.24, 2.45) is 5.10 Å². The van der Waals surface area contributed by atoms with Gasteiger partial charge in [0.15, 0.2) is 0 Å². The molecule has 0 aliphatic rings. The third-order valence-corrected chi connectivity index (χ3v) is 3.89. The molecule has 0 amide bonds. The molecule has 144 valence electrons. The van der Waals surface area contributed by atoms with Crippen molar-refractivity contribution in [1.82, 2.24) is 4.98 Å². The second-order valence-corrected chi connectivity index (χ2v) is 5.91. The van der Waals surface area contributed by atoms with E-state index >= 15 is 0 Å². The highest BCUT2D eigenvalue weighted by Crippen LogP contribution is 2.29. The van der Waals surface area contributed by atoms with Gasteiger partial charge in [0.1, 0.15) is 17.3 Å². The van der Waals surface area contributed by atoms with Crippen LogP contribution in [0.2, 0.25) is 5.02 Å². The predicted octanol–water partition coefficient (Wildman–Crippen LogP) is 5.16. The number of hydrogen-bond acceptors (Lipinski definition) is 5. The Morgan fingerprint density at radius 1 is 1.21 bits per heavy atom. The van der Waals surface area contributed by atoms with Crippen LogP contribution in [0.4, 0.5) is 19.0 Å². The number of benzene rings is 1. The molecule has 0 radical (unpaired) electrons. The van der Waals surface area contributed by atoms with Gasteiger partial charge < -0.3 is 9.52 Å². The van der Waals surface area contributed by atoms with Gasteiger partial charge in [-0.05, 0) is 36.4 Å². The molecule has 0 unspecified atom stereocenters. The standard InChI is InChI=1S/C18H11ClF3N3O3/c19-14-7-10(1-4-13(14)17(26)27)15-5-3-12(28-15)9-24-25-16-6-2-11(8-23-16)18(20,21)22/h1-9H,(H,23,25)(H,26,27)/b24-9-. The van der Waals surface area contributed by atoms with Crippen LogP contribution in [0.3, 0.4) is 0 Å². The molecule has 0 spiro atoms. The first-order valence-corrected chi connectivity index (χ1v) is 8.07. The van der Waals surface area contributed by atoms with Crippen LogP contribution < -0.4 is 5.43 Å². The molecule has 0 bridgehead atoms. The van der Waals surface area contributed by atoms with E-state index in [-0.39, 0.29) is 16.4 Å². The molecule has 3 rings (SSSR count). The van der Waals surface area contributed by atoms with Crippen LogP contribution in [0.1, 0.15) is 21.7 Å². The van der Waals surface area contributed by atoms with Gasteiger partial charge in [0.25, 0.3) is 0 Å². The maximum absolute atomic E-state index is 12.5. The molecular weight excluding hydrogens is 399 g/mol. The number of hydrazone groups is 1. The van der Waals surface area contributed by atoms with Crippen LogP contribution in [0.5, 0.6) is 0 Å². The number of pyridine rings is 1. The van der Waals surface area contributed by atoms with Gasteiger partial charge in [0.05, 0.1) is 22.4 Å². The summed E-state index contributed by atoms with van der Waals surface area (Å²) in [5, 5.41) is 12.9. The molecule has 0 aliphatic carbocycles. The molecule has 28 heavy (non-hydrogen) atoms. The second kappa shape index (κ2) is 7.73. The summed E-state index contributed by atoms with van der Waals surface area (Å²) < 4.78 is 43.0. The van der Waals surface area contributed by atoms with Crippen molar-refractivity contribution in [2.75, 3.05) is 5.43 Å². The summed E-state index contributed by atoms with van der Waals surface area (Å²) in [4.78, 5) is 14.6. The molecule has 0 fully saturated rings. The van der Waals surface area contributed by atoms with Gasteiger partial charge in [-0.15, -0.1) is 0 Å². The zero-order chi connectivity index (χ0) is 20.3. The largest absolute Gasteiger partial charge is 0.478 e. The first-order valence-electron chi connectivity index (χ1n) is 7.69. The Morgan fingerprint density at radius 2 is 2.00 bits per heavy atom. The van der Waals surface area contributed by atoms with E-state index < -0.39 is 17.7 Å². The minimum atomic E-state index is -4.45. The number of aromatic carboxylic acids is 1. The van der Waals surface area contributed by atoms with Crippen LogP contribution in [0, 0.1) is 0 Å². The number of furan rings is 1. The van der Waals surface area contributed by atoms with Crippen molar-refractivity contribution in [3.05, 3.63) is 70.6 Å². The normalized spacial score (nSPS) is 11.7. The third-order valence-electron chi connectivity index (χ3n) is 3.57. The molecule has 0 saturated carbocycles. The fourth-order valence-corrected chi connectivity index (χ4v) is 2.47. The highest BCUT2D eigenvalue weighted by atomic mass is 35.5. The first kappa shape index (κ1) is 19.4. The molecule has 6 nitrogen and oxygen atoms in total. The topological polar surface area (TPSA) is 87.7 Å². The monoisotopic (exact) mass is 409 g/mol. The lowest BCUT2D eigenvalue weighted by Gasteiger charge is -2.06. The average molecular weight is 410 g/mol. The van der Waals surface area contributed by atoms with Crippen LogP contribution in [-0.4, -0.2) is 22.3 Å². The average Bonchev–Trinajstić information content (AvgIpc) is 3.10. The minimum Gasteiger partial charge on any atom is -0.478 e. The maximum Gasteiger partial charge on any atom is 0.417 e. The second-order valence-electron chi connectivity index (χ2n) is 5.50. The van der Waals surface area contributed by atoms with E-state index in [1.165, 1.54) is 18.3 Å². The van der Waals surface area contributed by atoms with Crippen LogP contribution in [-0.2, 0) is 6.18 Å². The van der Waals surface area contributed by atoms with Gasteiger partial charge >= 0.3 is 12.1 Å². The van der Waals surface area contributed by atoms with Crippen molar-refractivity contribution in [3.63, 3.8) is 0 Å². The van der Waals surface area contributed by atoms with E-state index in [9.17, 15) is 18.0 Å². The van der Waals surface area contributed by atoms with E-state index in [1.54, 1.807) is 18.2 Å². The number of halogens is 4. The summed E-state index contributed by atoms with van der Waals surface area (Å²) in [6.45, 7) is 0. The number of aromatic nitrogens is 1. The Balaban J connectivity index is 1.67. The van der Waals surface area contributed by atoms with Crippen molar-refractivity contribution >= 4 is 29.6 Å². The Labute approximate surface area is 161 Å². The Bertz CT molecular complexity index is 1030. The summed E-state index contributed by atoms with van der Waals surface area (Å²) in [5.41, 5.74) is 2.19. The van der Waals surface area contributed by atoms with Gasteiger partial charge in [-0.1, -0.05) is 17.7 Å². The fraction of sp³-hybridized carbons (Fsp3) is 0.0556. The molecular formula is C18H11ClF3N3O3. The summed E-state index contributed by atoms with van der Waals surface area (Å²) in [6, 6.07) is 9.69. The lowest BCUT2D eigenvalue weighted by molar-refractivity contribution is -0.137. The van der Waals surface area contributed by atoms with Gasteiger partial charge in [-0.25, -0.2) is 9.78 Å². The Morgan fingerprint density at radius 3 is 2.61 bits per heavy atom. The number of rotatable bonds is 5. The molecule has 2 N–H and O–H groups in total. The number of alkyl halides is 3. The summed E-state index contributed by atoms with van der Waals surface area (Å²) in [5.74, 6) is -0.209. The van der Waals surface area contributed by atoms with Crippen LogP contribution in [0.25, 0.3) is 11.3 Å². The molecule has 1 aromatic carbocycles. The maximum atomic E-state index is 12.5. The van der Waals surface area contributed by atoms with Crippen molar-refractivity contribution in [1.29, 1.82) is 0 Å². The van der Waals surface area contributed by atoms with Gasteiger partial charge in [0.2, 0.25) is 0 Å². The summed E-state index contributed by atoms with van der Waals surface area (Å²) in [6.07, 6.45) is -2.44. The molecule has 10 heteroatoms. The number of nitrogens with one attached hydrogen (secondary N) is 1. The van der Waals surface area contributed by atoms with E-state index in [0.717, 1.165) is 12.1 Å². The number of hydrogen-bond donors (Lipinski definition) is 2. The Hall–Kier alpha value is -3.33. The van der Waals surface area contributed by atoms with E-state index in [2.05, 4.69) is 15.5 Å². The van der Waals surface area contributed by atoms with Crippen LogP contribution >= 0.6 is 11.6 Å².